The van der Waals surface area contributed by atoms with Crippen LogP contribution in [0.2, 0.25) is 0 Å². The second-order valence-electron chi connectivity index (χ2n) is 5.50. The molecule has 0 amide bonds. The zero-order valence-corrected chi connectivity index (χ0v) is 9.83. The Hall–Kier alpha value is -0.610. The van der Waals surface area contributed by atoms with E-state index in [2.05, 4.69) is 0 Å². The maximum atomic E-state index is 11.1. The molecule has 1 rings (SSSR count). The van der Waals surface area contributed by atoms with Gasteiger partial charge < -0.3 is 14.9 Å². The Labute approximate surface area is 90.2 Å². The van der Waals surface area contributed by atoms with Crippen LogP contribution in [0, 0.1) is 5.41 Å². The Morgan fingerprint density at radius 1 is 1.40 bits per heavy atom. The molecule has 0 aliphatic carbocycles. The second kappa shape index (κ2) is 3.46. The van der Waals surface area contributed by atoms with E-state index in [1.165, 1.54) is 0 Å². The number of hydrogen-bond acceptors (Lipinski definition) is 3. The van der Waals surface area contributed by atoms with Crippen molar-refractivity contribution in [2.75, 3.05) is 6.61 Å². The number of ether oxygens (including phenoxy) is 1. The molecule has 0 bridgehead atoms. The normalized spacial score (nSPS) is 31.3. The Kier molecular flexibility index (Phi) is 2.87. The highest BCUT2D eigenvalue weighted by Crippen LogP contribution is 2.43. The topological polar surface area (TPSA) is 66.8 Å². The summed E-state index contributed by atoms with van der Waals surface area (Å²) in [6.07, 6.45) is 0.717. The molecule has 15 heavy (non-hydrogen) atoms. The summed E-state index contributed by atoms with van der Waals surface area (Å²) >= 11 is 0. The van der Waals surface area contributed by atoms with Crippen molar-refractivity contribution in [3.05, 3.63) is 0 Å². The average Bonchev–Trinajstić information content (AvgIpc) is 2.00. The van der Waals surface area contributed by atoms with E-state index in [9.17, 15) is 9.90 Å². The van der Waals surface area contributed by atoms with Gasteiger partial charge in [0.1, 0.15) is 0 Å². The number of aliphatic carboxylic acids is 1. The molecule has 0 radical (unpaired) electrons. The van der Waals surface area contributed by atoms with E-state index >= 15 is 0 Å². The summed E-state index contributed by atoms with van der Waals surface area (Å²) in [7, 11) is 0. The third-order valence-electron chi connectivity index (χ3n) is 3.42. The maximum Gasteiger partial charge on any atom is 0.312 e. The van der Waals surface area contributed by atoms with Gasteiger partial charge in [-0.2, -0.15) is 0 Å². The lowest BCUT2D eigenvalue weighted by molar-refractivity contribution is -0.200. The molecule has 4 heteroatoms. The minimum Gasteiger partial charge on any atom is -0.481 e. The minimum absolute atomic E-state index is 0.347. The minimum atomic E-state index is -1.19. The zero-order valence-electron chi connectivity index (χ0n) is 9.83. The van der Waals surface area contributed by atoms with Crippen LogP contribution in [0.25, 0.3) is 0 Å². The van der Waals surface area contributed by atoms with Gasteiger partial charge in [0.25, 0.3) is 0 Å². The molecule has 4 nitrogen and oxygen atoms in total. The number of carboxylic acid groups (broad SMARTS) is 1. The van der Waals surface area contributed by atoms with Crippen molar-refractivity contribution in [1.82, 2.24) is 0 Å². The molecule has 1 unspecified atom stereocenters. The van der Waals surface area contributed by atoms with Crippen molar-refractivity contribution in [1.29, 1.82) is 0 Å². The van der Waals surface area contributed by atoms with Crippen molar-refractivity contribution in [3.63, 3.8) is 0 Å². The van der Waals surface area contributed by atoms with E-state index in [0.717, 1.165) is 0 Å². The van der Waals surface area contributed by atoms with Crippen molar-refractivity contribution in [2.24, 2.45) is 5.41 Å². The Balaban J connectivity index is 2.96. The van der Waals surface area contributed by atoms with Crippen LogP contribution in [0.1, 0.15) is 40.5 Å². The van der Waals surface area contributed by atoms with Crippen LogP contribution < -0.4 is 0 Å². The average molecular weight is 216 g/mol. The number of hydrogen-bond donors (Lipinski definition) is 2. The number of carbonyl (C=O) groups is 1. The maximum absolute atomic E-state index is 11.1. The molecular weight excluding hydrogens is 196 g/mol. The molecular formula is C11H20O4. The van der Waals surface area contributed by atoms with Gasteiger partial charge >= 0.3 is 5.97 Å². The van der Waals surface area contributed by atoms with Crippen LogP contribution in [-0.4, -0.2) is 34.0 Å². The summed E-state index contributed by atoms with van der Waals surface area (Å²) < 4.78 is 5.48. The summed E-state index contributed by atoms with van der Waals surface area (Å²) in [6.45, 7) is 7.28. The molecule has 0 aromatic rings. The Morgan fingerprint density at radius 2 is 1.93 bits per heavy atom. The van der Waals surface area contributed by atoms with Gasteiger partial charge in [0.05, 0.1) is 23.2 Å². The van der Waals surface area contributed by atoms with Crippen LogP contribution in [0.5, 0.6) is 0 Å². The number of rotatable bonds is 2. The summed E-state index contributed by atoms with van der Waals surface area (Å²) in [5, 5.41) is 19.6. The summed E-state index contributed by atoms with van der Waals surface area (Å²) in [5.74, 6) is -0.970. The molecule has 1 heterocycles. The van der Waals surface area contributed by atoms with Crippen molar-refractivity contribution < 1.29 is 19.7 Å². The van der Waals surface area contributed by atoms with Gasteiger partial charge in [0.15, 0.2) is 0 Å². The Bertz CT molecular complexity index is 270. The van der Waals surface area contributed by atoms with E-state index in [1.807, 2.05) is 13.8 Å². The molecule has 1 saturated heterocycles. The van der Waals surface area contributed by atoms with Gasteiger partial charge in [0, 0.05) is 12.8 Å². The third kappa shape index (κ3) is 2.16. The lowest BCUT2D eigenvalue weighted by atomic mass is 9.67. The largest absolute Gasteiger partial charge is 0.481 e. The highest BCUT2D eigenvalue weighted by molar-refractivity contribution is 5.75. The highest BCUT2D eigenvalue weighted by Gasteiger charge is 2.53. The monoisotopic (exact) mass is 216 g/mol. The number of carboxylic acids is 1. The van der Waals surface area contributed by atoms with Gasteiger partial charge in [0.2, 0.25) is 0 Å². The smallest absolute Gasteiger partial charge is 0.312 e. The molecule has 1 aliphatic heterocycles. The van der Waals surface area contributed by atoms with Gasteiger partial charge in [-0.3, -0.25) is 4.79 Å². The Morgan fingerprint density at radius 3 is 2.33 bits per heavy atom. The van der Waals surface area contributed by atoms with Crippen LogP contribution in [0.3, 0.4) is 0 Å². The van der Waals surface area contributed by atoms with Crippen molar-refractivity contribution in [3.8, 4) is 0 Å². The van der Waals surface area contributed by atoms with Gasteiger partial charge in [-0.1, -0.05) is 0 Å². The second-order valence-corrected chi connectivity index (χ2v) is 5.50. The third-order valence-corrected chi connectivity index (χ3v) is 3.42. The first kappa shape index (κ1) is 12.5. The SMILES string of the molecule is CC1(C)CC(O)(C(C)(C)C(=O)O)CCO1. The summed E-state index contributed by atoms with van der Waals surface area (Å²) in [6, 6.07) is 0. The first-order chi connectivity index (χ1) is 6.61. The molecule has 0 aromatic carbocycles. The molecule has 1 fully saturated rings. The fraction of sp³-hybridized carbons (Fsp3) is 0.909. The fourth-order valence-electron chi connectivity index (χ4n) is 2.07. The van der Waals surface area contributed by atoms with Gasteiger partial charge in [-0.15, -0.1) is 0 Å². The molecule has 1 atom stereocenters. The summed E-state index contributed by atoms with van der Waals surface area (Å²) in [5.41, 5.74) is -2.80. The fourth-order valence-corrected chi connectivity index (χ4v) is 2.07. The first-order valence-corrected chi connectivity index (χ1v) is 5.20. The number of aliphatic hydroxyl groups is 1. The molecule has 2 N–H and O–H groups in total. The predicted molar refractivity (Wildman–Crippen MR) is 55.6 cm³/mol. The highest BCUT2D eigenvalue weighted by atomic mass is 16.5. The lowest BCUT2D eigenvalue weighted by Gasteiger charge is -2.47. The van der Waals surface area contributed by atoms with Gasteiger partial charge in [-0.25, -0.2) is 0 Å². The summed E-state index contributed by atoms with van der Waals surface area (Å²) in [4.78, 5) is 11.1. The van der Waals surface area contributed by atoms with Crippen LogP contribution in [-0.2, 0) is 9.53 Å². The zero-order chi connectivity index (χ0) is 11.9. The molecule has 0 saturated carbocycles. The van der Waals surface area contributed by atoms with Gasteiger partial charge in [-0.05, 0) is 27.7 Å². The standard InChI is InChI=1S/C11H20O4/c1-9(2)7-11(14,5-6-15-9)10(3,4)8(12)13/h14H,5-7H2,1-4H3,(H,12,13). The van der Waals surface area contributed by atoms with E-state index in [1.54, 1.807) is 13.8 Å². The molecule has 1 aliphatic rings. The van der Waals surface area contributed by atoms with Crippen LogP contribution in [0.15, 0.2) is 0 Å². The molecule has 0 spiro atoms. The lowest BCUT2D eigenvalue weighted by Crippen LogP contribution is -2.57. The van der Waals surface area contributed by atoms with E-state index in [0.29, 0.717) is 19.4 Å². The first-order valence-electron chi connectivity index (χ1n) is 5.20. The predicted octanol–water partition coefficient (Wildman–Crippen LogP) is 1.42. The van der Waals surface area contributed by atoms with E-state index in [4.69, 9.17) is 9.84 Å². The van der Waals surface area contributed by atoms with E-state index in [-0.39, 0.29) is 0 Å². The van der Waals surface area contributed by atoms with Crippen LogP contribution >= 0.6 is 0 Å². The molecule has 0 aromatic heterocycles. The van der Waals surface area contributed by atoms with Crippen molar-refractivity contribution in [2.45, 2.75) is 51.7 Å². The van der Waals surface area contributed by atoms with Crippen molar-refractivity contribution >= 4 is 5.97 Å². The van der Waals surface area contributed by atoms with Crippen LogP contribution in [0.4, 0.5) is 0 Å². The quantitative estimate of drug-likeness (QED) is 0.732. The molecule has 88 valence electrons. The van der Waals surface area contributed by atoms with E-state index < -0.39 is 22.6 Å².